The Balaban J connectivity index is 1.79. The monoisotopic (exact) mass is 430 g/mol. The van der Waals surface area contributed by atoms with Gasteiger partial charge >= 0.3 is 0 Å². The highest BCUT2D eigenvalue weighted by Gasteiger charge is 2.19. The maximum absolute atomic E-state index is 13.3. The summed E-state index contributed by atoms with van der Waals surface area (Å²) >= 11 is 0. The van der Waals surface area contributed by atoms with Crippen LogP contribution in [0.1, 0.15) is 34.8 Å². The number of amides is 1. The second kappa shape index (κ2) is 9.10. The number of nitrogens with two attached hydrogens (primary N) is 1. The first kappa shape index (κ1) is 22.0. The zero-order valence-electron chi connectivity index (χ0n) is 19.0. The standard InChI is InChI=1S/C26H30N4O2/c1-4-30-24-10-7-20(26(32)29(3)21-8-5-18(17-27)6-9-21)15-23(24)22(16-25(30)31)19-11-13-28(2)14-12-19/h5-11,15-16H,4,12-14,17,27H2,1-3H3. The number of likely N-dealkylation sites (N-methyl/N-ethyl adjacent to an activating group) is 1. The number of carbonyl (C=O) groups excluding carboxylic acids is 1. The molecule has 0 bridgehead atoms. The van der Waals surface area contributed by atoms with E-state index in [9.17, 15) is 9.59 Å². The van der Waals surface area contributed by atoms with Crippen LogP contribution >= 0.6 is 0 Å². The number of pyridine rings is 1. The average Bonchev–Trinajstić information content (AvgIpc) is 2.83. The van der Waals surface area contributed by atoms with Crippen molar-refractivity contribution in [3.8, 4) is 0 Å². The van der Waals surface area contributed by atoms with E-state index in [0.29, 0.717) is 18.7 Å². The van der Waals surface area contributed by atoms with E-state index < -0.39 is 0 Å². The first-order valence-electron chi connectivity index (χ1n) is 11.1. The third-order valence-electron chi connectivity index (χ3n) is 6.30. The molecule has 2 aromatic carbocycles. The highest BCUT2D eigenvalue weighted by Crippen LogP contribution is 2.29. The number of anilines is 1. The molecule has 1 amide bonds. The van der Waals surface area contributed by atoms with Crippen LogP contribution in [0.25, 0.3) is 16.5 Å². The van der Waals surface area contributed by atoms with Crippen LogP contribution in [0.2, 0.25) is 0 Å². The molecular weight excluding hydrogens is 400 g/mol. The number of aryl methyl sites for hydroxylation is 1. The van der Waals surface area contributed by atoms with Gasteiger partial charge in [-0.2, -0.15) is 0 Å². The van der Waals surface area contributed by atoms with Gasteiger partial charge in [0.2, 0.25) is 0 Å². The molecule has 0 fully saturated rings. The third-order valence-corrected chi connectivity index (χ3v) is 6.30. The predicted octanol–water partition coefficient (Wildman–Crippen LogP) is 3.48. The average molecular weight is 431 g/mol. The van der Waals surface area contributed by atoms with Gasteiger partial charge in [-0.25, -0.2) is 0 Å². The van der Waals surface area contributed by atoms with E-state index in [1.165, 1.54) is 5.57 Å². The molecule has 1 aliphatic rings. The van der Waals surface area contributed by atoms with Crippen molar-refractivity contribution in [2.24, 2.45) is 5.73 Å². The lowest BCUT2D eigenvalue weighted by Crippen LogP contribution is -2.27. The van der Waals surface area contributed by atoms with E-state index in [1.54, 1.807) is 22.6 Å². The Kier molecular flexibility index (Phi) is 6.26. The Bertz CT molecular complexity index is 1240. The van der Waals surface area contributed by atoms with Gasteiger partial charge in [-0.15, -0.1) is 0 Å². The summed E-state index contributed by atoms with van der Waals surface area (Å²) in [4.78, 5) is 30.0. The summed E-state index contributed by atoms with van der Waals surface area (Å²) in [6.45, 7) is 4.82. The van der Waals surface area contributed by atoms with E-state index >= 15 is 0 Å². The highest BCUT2D eigenvalue weighted by molar-refractivity contribution is 6.08. The molecule has 0 saturated carbocycles. The summed E-state index contributed by atoms with van der Waals surface area (Å²) in [7, 11) is 3.87. The van der Waals surface area contributed by atoms with Gasteiger partial charge in [0.05, 0.1) is 5.52 Å². The van der Waals surface area contributed by atoms with Gasteiger partial charge in [0, 0.05) is 55.9 Å². The quantitative estimate of drug-likeness (QED) is 0.673. The van der Waals surface area contributed by atoms with E-state index in [1.807, 2.05) is 49.4 Å². The minimum atomic E-state index is -0.0926. The topological polar surface area (TPSA) is 71.6 Å². The van der Waals surface area contributed by atoms with E-state index in [0.717, 1.165) is 47.2 Å². The molecule has 32 heavy (non-hydrogen) atoms. The van der Waals surface area contributed by atoms with Gasteiger partial charge in [0.25, 0.3) is 11.5 Å². The van der Waals surface area contributed by atoms with Crippen LogP contribution < -0.4 is 16.2 Å². The number of benzene rings is 2. The number of carbonyl (C=O) groups is 1. The molecule has 0 unspecified atom stereocenters. The molecule has 0 radical (unpaired) electrons. The lowest BCUT2D eigenvalue weighted by Gasteiger charge is -2.24. The van der Waals surface area contributed by atoms with Gasteiger partial charge in [-0.1, -0.05) is 18.2 Å². The second-order valence-electron chi connectivity index (χ2n) is 8.35. The Morgan fingerprint density at radius 3 is 2.50 bits per heavy atom. The zero-order valence-corrected chi connectivity index (χ0v) is 19.0. The molecule has 0 aliphatic carbocycles. The first-order valence-corrected chi connectivity index (χ1v) is 11.1. The molecule has 6 nitrogen and oxygen atoms in total. The zero-order chi connectivity index (χ0) is 22.8. The molecule has 0 spiro atoms. The number of hydrogen-bond donors (Lipinski definition) is 1. The van der Waals surface area contributed by atoms with Gasteiger partial charge in [0.15, 0.2) is 0 Å². The molecule has 4 rings (SSSR count). The molecule has 0 atom stereocenters. The smallest absolute Gasteiger partial charge is 0.258 e. The number of fused-ring (bicyclic) bond motifs is 1. The summed E-state index contributed by atoms with van der Waals surface area (Å²) in [5.74, 6) is -0.0926. The van der Waals surface area contributed by atoms with Crippen molar-refractivity contribution in [1.29, 1.82) is 0 Å². The van der Waals surface area contributed by atoms with Crippen LogP contribution in [0.5, 0.6) is 0 Å². The Morgan fingerprint density at radius 1 is 1.12 bits per heavy atom. The molecule has 0 saturated heterocycles. The van der Waals surface area contributed by atoms with Crippen LogP contribution in [0.4, 0.5) is 5.69 Å². The Labute approximate surface area is 188 Å². The normalized spacial score (nSPS) is 14.4. The van der Waals surface area contributed by atoms with Crippen molar-refractivity contribution in [2.75, 3.05) is 32.1 Å². The van der Waals surface area contributed by atoms with Crippen molar-refractivity contribution in [2.45, 2.75) is 26.4 Å². The molecule has 2 N–H and O–H groups in total. The van der Waals surface area contributed by atoms with Gasteiger partial charge in [-0.3, -0.25) is 9.59 Å². The van der Waals surface area contributed by atoms with Crippen molar-refractivity contribution < 1.29 is 4.79 Å². The number of aromatic nitrogens is 1. The van der Waals surface area contributed by atoms with Crippen LogP contribution in [-0.2, 0) is 13.1 Å². The first-order chi connectivity index (χ1) is 15.4. The van der Waals surface area contributed by atoms with Crippen molar-refractivity contribution in [1.82, 2.24) is 9.47 Å². The fraction of sp³-hybridized carbons (Fsp3) is 0.308. The maximum atomic E-state index is 13.3. The van der Waals surface area contributed by atoms with Crippen LogP contribution in [0, 0.1) is 0 Å². The molecule has 3 aromatic rings. The summed E-state index contributed by atoms with van der Waals surface area (Å²) in [6, 6.07) is 15.1. The van der Waals surface area contributed by atoms with Crippen molar-refractivity contribution >= 4 is 28.1 Å². The molecule has 1 aliphatic heterocycles. The highest BCUT2D eigenvalue weighted by atomic mass is 16.2. The summed E-state index contributed by atoms with van der Waals surface area (Å²) in [5.41, 5.74) is 11.1. The van der Waals surface area contributed by atoms with Crippen LogP contribution in [-0.4, -0.2) is 42.6 Å². The van der Waals surface area contributed by atoms with Crippen molar-refractivity contribution in [3.05, 3.63) is 81.7 Å². The van der Waals surface area contributed by atoms with Crippen LogP contribution in [0.3, 0.4) is 0 Å². The van der Waals surface area contributed by atoms with Crippen molar-refractivity contribution in [3.63, 3.8) is 0 Å². The largest absolute Gasteiger partial charge is 0.326 e. The fourth-order valence-electron chi connectivity index (χ4n) is 4.29. The van der Waals surface area contributed by atoms with Gasteiger partial charge in [-0.05, 0) is 67.4 Å². The molecular formula is C26H30N4O2. The number of nitrogens with zero attached hydrogens (tertiary/aromatic N) is 3. The Morgan fingerprint density at radius 2 is 1.88 bits per heavy atom. The molecule has 6 heteroatoms. The van der Waals surface area contributed by atoms with E-state index in [-0.39, 0.29) is 11.5 Å². The minimum absolute atomic E-state index is 0.00832. The summed E-state index contributed by atoms with van der Waals surface area (Å²) in [6.07, 6.45) is 3.07. The SMILES string of the molecule is CCn1c(=O)cc(C2=CCN(C)CC2)c2cc(C(=O)N(C)c3ccc(CN)cc3)ccc21. The van der Waals surface area contributed by atoms with E-state index in [4.69, 9.17) is 5.73 Å². The number of hydrogen-bond acceptors (Lipinski definition) is 4. The Hall–Kier alpha value is -3.22. The maximum Gasteiger partial charge on any atom is 0.258 e. The predicted molar refractivity (Wildman–Crippen MR) is 131 cm³/mol. The minimum Gasteiger partial charge on any atom is -0.326 e. The summed E-state index contributed by atoms with van der Waals surface area (Å²) in [5, 5.41) is 0.944. The van der Waals surface area contributed by atoms with E-state index in [2.05, 4.69) is 18.0 Å². The third kappa shape index (κ3) is 4.11. The molecule has 2 heterocycles. The van der Waals surface area contributed by atoms with Crippen LogP contribution in [0.15, 0.2) is 59.4 Å². The molecule has 166 valence electrons. The fourth-order valence-corrected chi connectivity index (χ4v) is 4.29. The lowest BCUT2D eigenvalue weighted by molar-refractivity contribution is 0.0993. The summed E-state index contributed by atoms with van der Waals surface area (Å²) < 4.78 is 1.76. The molecule has 1 aromatic heterocycles. The second-order valence-corrected chi connectivity index (χ2v) is 8.35. The van der Waals surface area contributed by atoms with Gasteiger partial charge < -0.3 is 20.1 Å². The van der Waals surface area contributed by atoms with Gasteiger partial charge in [0.1, 0.15) is 0 Å². The lowest BCUT2D eigenvalue weighted by atomic mass is 9.95. The number of rotatable bonds is 5.